The maximum absolute atomic E-state index is 11.2. The van der Waals surface area contributed by atoms with Crippen LogP contribution in [0.25, 0.3) is 0 Å². The van der Waals surface area contributed by atoms with Crippen molar-refractivity contribution in [2.45, 2.75) is 6.92 Å². The molecule has 5 heteroatoms. The van der Waals surface area contributed by atoms with Gasteiger partial charge >= 0.3 is 0 Å². The molecule has 2 rings (SSSR count). The van der Waals surface area contributed by atoms with Crippen LogP contribution in [0.2, 0.25) is 5.02 Å². The van der Waals surface area contributed by atoms with Crippen molar-refractivity contribution in [1.29, 1.82) is 0 Å². The number of nitrogens with zero attached hydrogens (tertiary/aromatic N) is 2. The molecule has 1 aromatic rings. The van der Waals surface area contributed by atoms with Gasteiger partial charge in [-0.2, -0.15) is 0 Å². The van der Waals surface area contributed by atoms with E-state index in [1.807, 2.05) is 23.1 Å². The third-order valence-electron chi connectivity index (χ3n) is 2.98. The van der Waals surface area contributed by atoms with Gasteiger partial charge in [0.1, 0.15) is 0 Å². The Morgan fingerprint density at radius 3 is 2.47 bits per heavy atom. The molecule has 1 heterocycles. The van der Waals surface area contributed by atoms with Gasteiger partial charge in [-0.1, -0.05) is 17.7 Å². The summed E-state index contributed by atoms with van der Waals surface area (Å²) in [6, 6.07) is 5.79. The highest BCUT2D eigenvalue weighted by Crippen LogP contribution is 2.34. The Morgan fingerprint density at radius 2 is 1.94 bits per heavy atom. The van der Waals surface area contributed by atoms with Crippen LogP contribution in [0, 0.1) is 0 Å². The molecule has 1 aliphatic rings. The molecule has 0 atom stereocenters. The summed E-state index contributed by atoms with van der Waals surface area (Å²) in [4.78, 5) is 15.3. The lowest BCUT2D eigenvalue weighted by Crippen LogP contribution is -2.48. The molecule has 17 heavy (non-hydrogen) atoms. The largest absolute Gasteiger partial charge is 0.366 e. The smallest absolute Gasteiger partial charge is 0.219 e. The van der Waals surface area contributed by atoms with E-state index in [0.717, 1.165) is 41.4 Å². The zero-order valence-corrected chi connectivity index (χ0v) is 12.0. The molecule has 1 amide bonds. The number of anilines is 1. The molecule has 0 N–H and O–H groups in total. The first kappa shape index (κ1) is 12.7. The SMILES string of the molecule is CC(=O)N1CCN(c2c(Cl)cccc2Br)CC1. The predicted molar refractivity (Wildman–Crippen MR) is 73.6 cm³/mol. The third-order valence-corrected chi connectivity index (χ3v) is 3.92. The summed E-state index contributed by atoms with van der Waals surface area (Å²) in [5.74, 6) is 0.142. The number of amides is 1. The zero-order valence-electron chi connectivity index (χ0n) is 9.62. The lowest BCUT2D eigenvalue weighted by molar-refractivity contribution is -0.129. The van der Waals surface area contributed by atoms with Gasteiger partial charge in [-0.15, -0.1) is 0 Å². The number of hydrogen-bond donors (Lipinski definition) is 0. The molecule has 0 bridgehead atoms. The summed E-state index contributed by atoms with van der Waals surface area (Å²) in [6.45, 7) is 4.77. The summed E-state index contributed by atoms with van der Waals surface area (Å²) in [7, 11) is 0. The molecule has 0 saturated carbocycles. The Kier molecular flexibility index (Phi) is 3.94. The van der Waals surface area contributed by atoms with Gasteiger partial charge in [-0.3, -0.25) is 4.79 Å². The van der Waals surface area contributed by atoms with E-state index >= 15 is 0 Å². The second kappa shape index (κ2) is 5.27. The summed E-state index contributed by atoms with van der Waals surface area (Å²) < 4.78 is 1.00. The highest BCUT2D eigenvalue weighted by Gasteiger charge is 2.21. The molecule has 0 radical (unpaired) electrons. The third kappa shape index (κ3) is 2.75. The van der Waals surface area contributed by atoms with E-state index in [1.165, 1.54) is 0 Å². The van der Waals surface area contributed by atoms with Crippen molar-refractivity contribution in [3.8, 4) is 0 Å². The molecule has 92 valence electrons. The Morgan fingerprint density at radius 1 is 1.29 bits per heavy atom. The monoisotopic (exact) mass is 316 g/mol. The molecule has 1 aromatic carbocycles. The van der Waals surface area contributed by atoms with Crippen molar-refractivity contribution < 1.29 is 4.79 Å². The summed E-state index contributed by atoms with van der Waals surface area (Å²) in [5, 5.41) is 0.746. The van der Waals surface area contributed by atoms with E-state index in [0.29, 0.717) is 0 Å². The zero-order chi connectivity index (χ0) is 12.4. The maximum Gasteiger partial charge on any atom is 0.219 e. The molecule has 0 aromatic heterocycles. The minimum atomic E-state index is 0.142. The van der Waals surface area contributed by atoms with Gasteiger partial charge in [0, 0.05) is 37.6 Å². The molecule has 0 aliphatic carbocycles. The van der Waals surface area contributed by atoms with Crippen molar-refractivity contribution in [2.75, 3.05) is 31.1 Å². The van der Waals surface area contributed by atoms with Crippen LogP contribution in [0.3, 0.4) is 0 Å². The second-order valence-corrected chi connectivity index (χ2v) is 5.32. The van der Waals surface area contributed by atoms with Gasteiger partial charge in [0.25, 0.3) is 0 Å². The highest BCUT2D eigenvalue weighted by molar-refractivity contribution is 9.10. The van der Waals surface area contributed by atoms with E-state index < -0.39 is 0 Å². The lowest BCUT2D eigenvalue weighted by atomic mass is 10.2. The molecule has 0 spiro atoms. The minimum Gasteiger partial charge on any atom is -0.366 e. The molecule has 3 nitrogen and oxygen atoms in total. The first-order valence-electron chi connectivity index (χ1n) is 5.54. The second-order valence-electron chi connectivity index (χ2n) is 4.06. The fourth-order valence-electron chi connectivity index (χ4n) is 2.04. The van der Waals surface area contributed by atoms with Crippen molar-refractivity contribution in [3.05, 3.63) is 27.7 Å². The molecular formula is C12H14BrClN2O. The Labute approximate surface area is 114 Å². The lowest BCUT2D eigenvalue weighted by Gasteiger charge is -2.36. The summed E-state index contributed by atoms with van der Waals surface area (Å²) in [6.07, 6.45) is 0. The number of rotatable bonds is 1. The number of hydrogen-bond acceptors (Lipinski definition) is 2. The van der Waals surface area contributed by atoms with E-state index in [-0.39, 0.29) is 5.91 Å². The first-order chi connectivity index (χ1) is 8.09. The normalized spacial score (nSPS) is 16.2. The molecule has 1 fully saturated rings. The topological polar surface area (TPSA) is 23.6 Å². The van der Waals surface area contributed by atoms with Crippen LogP contribution in [0.1, 0.15) is 6.92 Å². The van der Waals surface area contributed by atoms with Gasteiger partial charge in [0.05, 0.1) is 10.7 Å². The maximum atomic E-state index is 11.2. The van der Waals surface area contributed by atoms with Crippen LogP contribution in [-0.2, 0) is 4.79 Å². The minimum absolute atomic E-state index is 0.142. The number of carbonyl (C=O) groups is 1. The van der Waals surface area contributed by atoms with Crippen molar-refractivity contribution in [3.63, 3.8) is 0 Å². The van der Waals surface area contributed by atoms with Gasteiger partial charge in [-0.25, -0.2) is 0 Å². The Hall–Kier alpha value is -0.740. The summed E-state index contributed by atoms with van der Waals surface area (Å²) >= 11 is 9.73. The Balaban J connectivity index is 2.13. The first-order valence-corrected chi connectivity index (χ1v) is 6.71. The van der Waals surface area contributed by atoms with Crippen LogP contribution >= 0.6 is 27.5 Å². The molecule has 1 aliphatic heterocycles. The fraction of sp³-hybridized carbons (Fsp3) is 0.417. The van der Waals surface area contributed by atoms with Crippen LogP contribution in [0.4, 0.5) is 5.69 Å². The molecule has 0 unspecified atom stereocenters. The van der Waals surface area contributed by atoms with E-state index in [2.05, 4.69) is 20.8 Å². The molecular weight excluding hydrogens is 304 g/mol. The number of para-hydroxylation sites is 1. The van der Waals surface area contributed by atoms with Crippen molar-refractivity contribution in [2.24, 2.45) is 0 Å². The average Bonchev–Trinajstić information content (AvgIpc) is 2.29. The number of benzene rings is 1. The van der Waals surface area contributed by atoms with Gasteiger partial charge in [0.2, 0.25) is 5.91 Å². The van der Waals surface area contributed by atoms with E-state index in [4.69, 9.17) is 11.6 Å². The van der Waals surface area contributed by atoms with Crippen molar-refractivity contribution in [1.82, 2.24) is 4.90 Å². The standard InChI is InChI=1S/C12H14BrClN2O/c1-9(17)15-5-7-16(8-6-15)12-10(13)3-2-4-11(12)14/h2-4H,5-8H2,1H3. The van der Waals surface area contributed by atoms with Crippen LogP contribution in [0.15, 0.2) is 22.7 Å². The van der Waals surface area contributed by atoms with E-state index in [9.17, 15) is 4.79 Å². The summed E-state index contributed by atoms with van der Waals surface area (Å²) in [5.41, 5.74) is 1.03. The highest BCUT2D eigenvalue weighted by atomic mass is 79.9. The van der Waals surface area contributed by atoms with Crippen molar-refractivity contribution >= 4 is 39.1 Å². The van der Waals surface area contributed by atoms with Crippen LogP contribution in [-0.4, -0.2) is 37.0 Å². The quantitative estimate of drug-likeness (QED) is 0.795. The number of piperazine rings is 1. The number of halogens is 2. The van der Waals surface area contributed by atoms with Crippen LogP contribution < -0.4 is 4.90 Å². The Bertz CT molecular complexity index is 410. The van der Waals surface area contributed by atoms with E-state index in [1.54, 1.807) is 6.92 Å². The van der Waals surface area contributed by atoms with Crippen LogP contribution in [0.5, 0.6) is 0 Å². The van der Waals surface area contributed by atoms with Gasteiger partial charge in [0.15, 0.2) is 0 Å². The van der Waals surface area contributed by atoms with Gasteiger partial charge < -0.3 is 9.80 Å². The predicted octanol–water partition coefficient (Wildman–Crippen LogP) is 2.77. The average molecular weight is 318 g/mol. The fourth-order valence-corrected chi connectivity index (χ4v) is 3.06. The molecule has 1 saturated heterocycles. The van der Waals surface area contributed by atoms with Gasteiger partial charge in [-0.05, 0) is 28.1 Å². The number of carbonyl (C=O) groups excluding carboxylic acids is 1.